The third kappa shape index (κ3) is 4.60. The van der Waals surface area contributed by atoms with E-state index in [1.165, 1.54) is 0 Å². The molecular weight excluding hydrogens is 450 g/mol. The van der Waals surface area contributed by atoms with E-state index in [9.17, 15) is 9.59 Å². The van der Waals surface area contributed by atoms with Gasteiger partial charge in [-0.2, -0.15) is 0 Å². The lowest BCUT2D eigenvalue weighted by molar-refractivity contribution is 0.0724. The van der Waals surface area contributed by atoms with Crippen LogP contribution in [0, 0.1) is 0 Å². The highest BCUT2D eigenvalue weighted by molar-refractivity contribution is 6.06. The van der Waals surface area contributed by atoms with E-state index < -0.39 is 0 Å². The highest BCUT2D eigenvalue weighted by atomic mass is 16.2. The van der Waals surface area contributed by atoms with Crippen LogP contribution < -0.4 is 5.32 Å². The molecule has 36 heavy (non-hydrogen) atoms. The van der Waals surface area contributed by atoms with E-state index in [1.54, 1.807) is 9.47 Å². The molecule has 0 radical (unpaired) electrons. The highest BCUT2D eigenvalue weighted by Gasteiger charge is 2.24. The average Bonchev–Trinajstić information content (AvgIpc) is 3.52. The molecule has 0 aliphatic carbocycles. The maximum Gasteiger partial charge on any atom is 0.287 e. The minimum absolute atomic E-state index is 0.0391. The van der Waals surface area contributed by atoms with Crippen molar-refractivity contribution in [2.45, 2.75) is 18.9 Å². The number of fused-ring (bicyclic) bond motifs is 2. The molecule has 2 heterocycles. The maximum absolute atomic E-state index is 13.6. The number of carbonyl (C=O) groups excluding carboxylic acids is 2. The molecule has 0 fully saturated rings. The number of rotatable bonds is 8. The van der Waals surface area contributed by atoms with Gasteiger partial charge in [0.15, 0.2) is 5.82 Å². The SMILES string of the molecule is CN(C(=O)c1cccc2[nH]ccc12)C(CCNC(=O)c1nc2ccccc2n1C)Cc1ccccc1. The third-order valence-electron chi connectivity index (χ3n) is 6.76. The number of H-pyrrole nitrogens is 1. The number of aromatic amines is 1. The summed E-state index contributed by atoms with van der Waals surface area (Å²) in [6, 6.07) is 25.3. The molecule has 0 saturated heterocycles. The Hall–Kier alpha value is -4.39. The number of benzene rings is 3. The zero-order valence-electron chi connectivity index (χ0n) is 20.4. The van der Waals surface area contributed by atoms with Gasteiger partial charge in [0.2, 0.25) is 0 Å². The molecule has 0 bridgehead atoms. The van der Waals surface area contributed by atoms with E-state index in [2.05, 4.69) is 27.4 Å². The van der Waals surface area contributed by atoms with Crippen LogP contribution in [0.3, 0.4) is 0 Å². The van der Waals surface area contributed by atoms with Gasteiger partial charge in [0, 0.05) is 49.3 Å². The van der Waals surface area contributed by atoms with Crippen LogP contribution in [0.25, 0.3) is 21.9 Å². The fraction of sp³-hybridized carbons (Fsp3) is 0.207. The number of nitrogens with zero attached hydrogens (tertiary/aromatic N) is 3. The van der Waals surface area contributed by atoms with E-state index in [0.717, 1.165) is 27.5 Å². The smallest absolute Gasteiger partial charge is 0.287 e. The fourth-order valence-corrected chi connectivity index (χ4v) is 4.73. The summed E-state index contributed by atoms with van der Waals surface area (Å²) in [7, 11) is 3.69. The van der Waals surface area contributed by atoms with Crippen LogP contribution in [0.2, 0.25) is 0 Å². The van der Waals surface area contributed by atoms with Crippen LogP contribution in [0.15, 0.2) is 85.1 Å². The lowest BCUT2D eigenvalue weighted by Crippen LogP contribution is -2.41. The van der Waals surface area contributed by atoms with Crippen molar-refractivity contribution in [3.8, 4) is 0 Å². The maximum atomic E-state index is 13.6. The van der Waals surface area contributed by atoms with E-state index in [-0.39, 0.29) is 17.9 Å². The molecule has 3 aromatic carbocycles. The van der Waals surface area contributed by atoms with Crippen molar-refractivity contribution < 1.29 is 9.59 Å². The highest BCUT2D eigenvalue weighted by Crippen LogP contribution is 2.21. The summed E-state index contributed by atoms with van der Waals surface area (Å²) in [4.78, 5) is 36.0. The molecule has 7 nitrogen and oxygen atoms in total. The molecule has 1 unspecified atom stereocenters. The molecule has 5 rings (SSSR count). The number of hydrogen-bond donors (Lipinski definition) is 2. The summed E-state index contributed by atoms with van der Waals surface area (Å²) < 4.78 is 1.80. The molecule has 7 heteroatoms. The lowest BCUT2D eigenvalue weighted by Gasteiger charge is -2.29. The van der Waals surface area contributed by atoms with Crippen molar-refractivity contribution in [3.05, 3.63) is 102 Å². The summed E-state index contributed by atoms with van der Waals surface area (Å²) in [6.45, 7) is 0.422. The zero-order valence-corrected chi connectivity index (χ0v) is 20.4. The first kappa shape index (κ1) is 23.4. The number of aromatic nitrogens is 3. The number of nitrogens with one attached hydrogen (secondary N) is 2. The first-order valence-corrected chi connectivity index (χ1v) is 12.1. The first-order chi connectivity index (χ1) is 17.5. The molecule has 0 aliphatic heterocycles. The molecule has 2 amide bonds. The van der Waals surface area contributed by atoms with E-state index in [0.29, 0.717) is 30.8 Å². The van der Waals surface area contributed by atoms with Crippen molar-refractivity contribution in [3.63, 3.8) is 0 Å². The first-order valence-electron chi connectivity index (χ1n) is 12.1. The fourth-order valence-electron chi connectivity index (χ4n) is 4.73. The second kappa shape index (κ2) is 10.1. The topological polar surface area (TPSA) is 83.0 Å². The minimum atomic E-state index is -0.224. The largest absolute Gasteiger partial charge is 0.361 e. The Morgan fingerprint density at radius 3 is 2.58 bits per heavy atom. The molecule has 182 valence electrons. The number of aryl methyl sites for hydroxylation is 1. The van der Waals surface area contributed by atoms with E-state index in [4.69, 9.17) is 0 Å². The second-order valence-electron chi connectivity index (χ2n) is 9.03. The Balaban J connectivity index is 1.32. The van der Waals surface area contributed by atoms with E-state index in [1.807, 2.05) is 87.0 Å². The van der Waals surface area contributed by atoms with Gasteiger partial charge in [0.05, 0.1) is 11.0 Å². The van der Waals surface area contributed by atoms with Crippen LogP contribution in [-0.4, -0.2) is 50.9 Å². The van der Waals surface area contributed by atoms with Crippen LogP contribution in [-0.2, 0) is 13.5 Å². The van der Waals surface area contributed by atoms with Crippen LogP contribution in [0.4, 0.5) is 0 Å². The summed E-state index contributed by atoms with van der Waals surface area (Å²) in [6.07, 6.45) is 3.14. The molecular formula is C29H29N5O2. The second-order valence-corrected chi connectivity index (χ2v) is 9.03. The molecule has 0 aliphatic rings. The predicted molar refractivity (Wildman–Crippen MR) is 142 cm³/mol. The van der Waals surface area contributed by atoms with Gasteiger partial charge in [-0.15, -0.1) is 0 Å². The number of amides is 2. The normalized spacial score (nSPS) is 12.1. The Kier molecular flexibility index (Phi) is 6.54. The quantitative estimate of drug-likeness (QED) is 0.342. The standard InChI is InChI=1S/C29H29N5O2/c1-33(29(36)23-11-8-13-24-22(23)16-18-30-24)21(19-20-9-4-3-5-10-20)15-17-31-28(35)27-32-25-12-6-7-14-26(25)34(27)2/h3-14,16,18,21,30H,15,17,19H2,1-2H3,(H,31,35). The Bertz CT molecular complexity index is 1520. The number of carbonyl (C=O) groups is 2. The number of likely N-dealkylation sites (N-methyl/N-ethyl adjacent to an activating group) is 1. The minimum Gasteiger partial charge on any atom is -0.361 e. The van der Waals surface area contributed by atoms with Crippen LogP contribution in [0.1, 0.15) is 33.0 Å². The van der Waals surface area contributed by atoms with Crippen molar-refractivity contribution in [1.82, 2.24) is 24.8 Å². The van der Waals surface area contributed by atoms with Crippen molar-refractivity contribution >= 4 is 33.8 Å². The summed E-state index contributed by atoms with van der Waals surface area (Å²) in [5, 5.41) is 3.92. The molecule has 5 aromatic rings. The van der Waals surface area contributed by atoms with Crippen LogP contribution in [0.5, 0.6) is 0 Å². The van der Waals surface area contributed by atoms with Gasteiger partial charge in [-0.3, -0.25) is 9.59 Å². The summed E-state index contributed by atoms with van der Waals surface area (Å²) in [5.41, 5.74) is 4.44. The zero-order chi connectivity index (χ0) is 25.1. The molecule has 0 saturated carbocycles. The van der Waals surface area contributed by atoms with Crippen molar-refractivity contribution in [1.29, 1.82) is 0 Å². The number of imidazole rings is 1. The van der Waals surface area contributed by atoms with Gasteiger partial charge < -0.3 is 19.8 Å². The predicted octanol–water partition coefficient (Wildman–Crippen LogP) is 4.56. The number of hydrogen-bond acceptors (Lipinski definition) is 3. The van der Waals surface area contributed by atoms with Gasteiger partial charge in [-0.1, -0.05) is 48.5 Å². The molecule has 2 N–H and O–H groups in total. The lowest BCUT2D eigenvalue weighted by atomic mass is 10.0. The molecule has 2 aromatic heterocycles. The Morgan fingerprint density at radius 2 is 1.78 bits per heavy atom. The van der Waals surface area contributed by atoms with Gasteiger partial charge in [-0.25, -0.2) is 4.98 Å². The van der Waals surface area contributed by atoms with Crippen molar-refractivity contribution in [2.75, 3.05) is 13.6 Å². The van der Waals surface area contributed by atoms with Crippen molar-refractivity contribution in [2.24, 2.45) is 7.05 Å². The monoisotopic (exact) mass is 479 g/mol. The van der Waals surface area contributed by atoms with Gasteiger partial charge >= 0.3 is 0 Å². The Morgan fingerprint density at radius 1 is 1.00 bits per heavy atom. The van der Waals surface area contributed by atoms with Gasteiger partial charge in [-0.05, 0) is 48.7 Å². The summed E-state index contributed by atoms with van der Waals surface area (Å²) in [5.74, 6) is 0.111. The van der Waals surface area contributed by atoms with Crippen LogP contribution >= 0.6 is 0 Å². The summed E-state index contributed by atoms with van der Waals surface area (Å²) >= 11 is 0. The van der Waals surface area contributed by atoms with Gasteiger partial charge in [0.1, 0.15) is 0 Å². The number of para-hydroxylation sites is 2. The third-order valence-corrected chi connectivity index (χ3v) is 6.76. The van der Waals surface area contributed by atoms with E-state index >= 15 is 0 Å². The average molecular weight is 480 g/mol. The van der Waals surface area contributed by atoms with Gasteiger partial charge in [0.25, 0.3) is 11.8 Å². The molecule has 0 spiro atoms. The Labute approximate surface area is 209 Å². The molecule has 1 atom stereocenters.